The fourth-order valence-corrected chi connectivity index (χ4v) is 5.69. The summed E-state index contributed by atoms with van der Waals surface area (Å²) in [6.07, 6.45) is 3.43. The first kappa shape index (κ1) is 29.4. The van der Waals surface area contributed by atoms with Gasteiger partial charge in [-0.05, 0) is 69.6 Å². The Morgan fingerprint density at radius 2 is 1.56 bits per heavy atom. The second kappa shape index (κ2) is 13.1. The van der Waals surface area contributed by atoms with Crippen molar-refractivity contribution in [2.45, 2.75) is 87.7 Å². The molecule has 2 amide bonds. The van der Waals surface area contributed by atoms with Crippen LogP contribution in [0.15, 0.2) is 0 Å². The number of rotatable bonds is 10. The molecule has 0 radical (unpaired) electrons. The Labute approximate surface area is 210 Å². The third-order valence-corrected chi connectivity index (χ3v) is 8.42. The molecule has 1 saturated heterocycles. The summed E-state index contributed by atoms with van der Waals surface area (Å²) in [4.78, 5) is 14.2. The van der Waals surface area contributed by atoms with Crippen molar-refractivity contribution < 1.29 is 45.5 Å². The van der Waals surface area contributed by atoms with E-state index in [1.807, 2.05) is 0 Å². The van der Waals surface area contributed by atoms with Gasteiger partial charge in [0.2, 0.25) is 12.6 Å². The highest BCUT2D eigenvalue weighted by Crippen LogP contribution is 2.35. The summed E-state index contributed by atoms with van der Waals surface area (Å²) in [6.45, 7) is 1.02. The molecule has 36 heavy (non-hydrogen) atoms. The first-order chi connectivity index (χ1) is 17.0. The lowest BCUT2D eigenvalue weighted by Gasteiger charge is -2.36. The van der Waals surface area contributed by atoms with E-state index in [4.69, 9.17) is 9.29 Å². The Hall–Kier alpha value is -1.19. The van der Waals surface area contributed by atoms with Crippen LogP contribution in [0.4, 0.5) is 18.0 Å². The van der Waals surface area contributed by atoms with Crippen molar-refractivity contribution in [2.24, 2.45) is 11.8 Å². The predicted octanol–water partition coefficient (Wildman–Crippen LogP) is 2.24. The second-order valence-electron chi connectivity index (χ2n) is 10.1. The van der Waals surface area contributed by atoms with Crippen LogP contribution >= 0.6 is 0 Å². The van der Waals surface area contributed by atoms with Crippen LogP contribution < -0.4 is 10.6 Å². The maximum absolute atomic E-state index is 13.5. The van der Waals surface area contributed by atoms with Gasteiger partial charge in [0.1, 0.15) is 0 Å². The third-order valence-electron chi connectivity index (χ3n) is 7.47. The van der Waals surface area contributed by atoms with E-state index in [9.17, 15) is 31.5 Å². The summed E-state index contributed by atoms with van der Waals surface area (Å²) in [5, 5.41) is 10.7. The topological polar surface area (TPSA) is 137 Å². The average Bonchev–Trinajstić information content (AvgIpc) is 2.84. The summed E-state index contributed by atoms with van der Waals surface area (Å²) in [5.41, 5.74) is 0. The second-order valence-corrected chi connectivity index (χ2v) is 11.6. The maximum atomic E-state index is 13.5. The highest BCUT2D eigenvalue weighted by atomic mass is 32.2. The molecular weight excluding hydrogens is 507 g/mol. The largest absolute Gasteiger partial charge is 0.402 e. The lowest BCUT2D eigenvalue weighted by Crippen LogP contribution is -2.49. The highest BCUT2D eigenvalue weighted by molar-refractivity contribution is 7.86. The summed E-state index contributed by atoms with van der Waals surface area (Å²) >= 11 is 0. The van der Waals surface area contributed by atoms with Gasteiger partial charge in [0.15, 0.2) is 0 Å². The molecule has 2 saturated carbocycles. The molecule has 2 unspecified atom stereocenters. The van der Waals surface area contributed by atoms with E-state index in [-0.39, 0.29) is 18.1 Å². The number of nitrogens with one attached hydrogen (secondary N) is 2. The van der Waals surface area contributed by atoms with Crippen LogP contribution in [0, 0.1) is 11.8 Å². The van der Waals surface area contributed by atoms with E-state index in [1.54, 1.807) is 4.90 Å². The standard InChI is InChI=1S/C22H38F3N3O7S/c23-19(22(24,25)36(31,32)33)14-35-21(30)27-18-7-3-16(4-8-18)13-15-1-5-17(6-2-15)26-20(29)28-9-11-34-12-10-28/h15-19,21,27,30H,1-14H2,(H,26,29)(H,31,32,33). The van der Waals surface area contributed by atoms with Crippen LogP contribution in [0.25, 0.3) is 0 Å². The molecule has 0 bridgehead atoms. The Bertz CT molecular complexity index is 801. The molecule has 210 valence electrons. The number of aliphatic hydroxyl groups is 1. The smallest absolute Gasteiger partial charge is 0.378 e. The van der Waals surface area contributed by atoms with E-state index in [2.05, 4.69) is 15.4 Å². The number of urea groups is 1. The first-order valence-corrected chi connectivity index (χ1v) is 14.1. The van der Waals surface area contributed by atoms with Crippen LogP contribution in [0.1, 0.15) is 57.8 Å². The summed E-state index contributed by atoms with van der Waals surface area (Å²) in [6, 6.07) is 0.0646. The lowest BCUT2D eigenvalue weighted by molar-refractivity contribution is -0.155. The van der Waals surface area contributed by atoms with Gasteiger partial charge < -0.3 is 24.8 Å². The van der Waals surface area contributed by atoms with Crippen molar-refractivity contribution in [1.82, 2.24) is 15.5 Å². The molecule has 0 aromatic carbocycles. The Morgan fingerprint density at radius 1 is 1.03 bits per heavy atom. The van der Waals surface area contributed by atoms with Gasteiger partial charge >= 0.3 is 21.4 Å². The van der Waals surface area contributed by atoms with Crippen LogP contribution in [-0.4, -0.2) is 91.8 Å². The molecule has 2 aliphatic carbocycles. The van der Waals surface area contributed by atoms with Gasteiger partial charge in [-0.15, -0.1) is 0 Å². The Morgan fingerprint density at radius 3 is 2.08 bits per heavy atom. The maximum Gasteiger partial charge on any atom is 0.402 e. The number of ether oxygens (including phenoxy) is 2. The molecule has 0 aromatic rings. The molecule has 10 nitrogen and oxygen atoms in total. The van der Waals surface area contributed by atoms with Gasteiger partial charge in [-0.25, -0.2) is 9.18 Å². The van der Waals surface area contributed by atoms with E-state index in [0.717, 1.165) is 57.8 Å². The van der Waals surface area contributed by atoms with Gasteiger partial charge in [-0.2, -0.15) is 17.2 Å². The highest BCUT2D eigenvalue weighted by Gasteiger charge is 2.53. The van der Waals surface area contributed by atoms with E-state index in [0.29, 0.717) is 38.1 Å². The van der Waals surface area contributed by atoms with Crippen molar-refractivity contribution >= 4 is 16.1 Å². The van der Waals surface area contributed by atoms with Crippen LogP contribution in [0.5, 0.6) is 0 Å². The molecule has 3 fully saturated rings. The number of amides is 2. The van der Waals surface area contributed by atoms with Crippen molar-refractivity contribution in [1.29, 1.82) is 0 Å². The quantitative estimate of drug-likeness (QED) is 0.242. The minimum absolute atomic E-state index is 0.00656. The fourth-order valence-electron chi connectivity index (χ4n) is 5.30. The number of carbonyl (C=O) groups is 1. The molecule has 4 N–H and O–H groups in total. The summed E-state index contributed by atoms with van der Waals surface area (Å²) in [5.74, 6) is 1.14. The molecule has 2 atom stereocenters. The number of halogens is 3. The van der Waals surface area contributed by atoms with Crippen molar-refractivity contribution in [3.05, 3.63) is 0 Å². The number of carbonyl (C=O) groups excluding carboxylic acids is 1. The number of morpholine rings is 1. The number of hydrogen-bond acceptors (Lipinski definition) is 7. The first-order valence-electron chi connectivity index (χ1n) is 12.6. The van der Waals surface area contributed by atoms with Crippen LogP contribution in [-0.2, 0) is 19.6 Å². The Balaban J connectivity index is 1.28. The van der Waals surface area contributed by atoms with Gasteiger partial charge in [0.25, 0.3) is 0 Å². The number of nitrogens with zero attached hydrogens (tertiary/aromatic N) is 1. The van der Waals surface area contributed by atoms with Crippen molar-refractivity contribution in [3.8, 4) is 0 Å². The molecular formula is C22H38F3N3O7S. The van der Waals surface area contributed by atoms with E-state index in [1.165, 1.54) is 0 Å². The molecule has 1 heterocycles. The zero-order valence-electron chi connectivity index (χ0n) is 20.3. The minimum atomic E-state index is -5.92. The van der Waals surface area contributed by atoms with E-state index < -0.39 is 34.6 Å². The molecule has 1 aliphatic heterocycles. The summed E-state index contributed by atoms with van der Waals surface area (Å²) in [7, 11) is -5.92. The van der Waals surface area contributed by atoms with Crippen LogP contribution in [0.3, 0.4) is 0 Å². The summed E-state index contributed by atoms with van der Waals surface area (Å²) < 4.78 is 79.3. The molecule has 0 aromatic heterocycles. The zero-order chi connectivity index (χ0) is 26.3. The molecule has 14 heteroatoms. The zero-order valence-corrected chi connectivity index (χ0v) is 21.1. The van der Waals surface area contributed by atoms with E-state index >= 15 is 0 Å². The van der Waals surface area contributed by atoms with Crippen molar-refractivity contribution in [2.75, 3.05) is 32.9 Å². The van der Waals surface area contributed by atoms with Gasteiger partial charge in [0, 0.05) is 25.2 Å². The number of aliphatic hydroxyl groups excluding tert-OH is 1. The predicted molar refractivity (Wildman–Crippen MR) is 124 cm³/mol. The SMILES string of the molecule is O=C(NC1CCC(CC2CCC(NC(O)OCC(F)C(F)(F)S(=O)(=O)O)CC2)CC1)N1CCOCC1. The van der Waals surface area contributed by atoms with Gasteiger partial charge in [-0.3, -0.25) is 9.87 Å². The number of hydrogen-bond donors (Lipinski definition) is 4. The molecule has 3 aliphatic rings. The monoisotopic (exact) mass is 545 g/mol. The van der Waals surface area contributed by atoms with Crippen LogP contribution in [0.2, 0.25) is 0 Å². The van der Waals surface area contributed by atoms with Gasteiger partial charge in [-0.1, -0.05) is 0 Å². The lowest BCUT2D eigenvalue weighted by atomic mass is 9.75. The molecule has 3 rings (SSSR count). The Kier molecular flexibility index (Phi) is 10.6. The van der Waals surface area contributed by atoms with Gasteiger partial charge in [0.05, 0.1) is 19.8 Å². The molecule has 0 spiro atoms. The third kappa shape index (κ3) is 8.42. The average molecular weight is 546 g/mol. The minimum Gasteiger partial charge on any atom is -0.378 e. The van der Waals surface area contributed by atoms with Crippen molar-refractivity contribution in [3.63, 3.8) is 0 Å². The fraction of sp³-hybridized carbons (Fsp3) is 0.955. The number of alkyl halides is 3. The normalized spacial score (nSPS) is 30.0.